The summed E-state index contributed by atoms with van der Waals surface area (Å²) in [5.41, 5.74) is 1.11. The van der Waals surface area contributed by atoms with Gasteiger partial charge in [0.1, 0.15) is 9.93 Å². The molecule has 1 aliphatic carbocycles. The van der Waals surface area contributed by atoms with Gasteiger partial charge in [-0.3, -0.25) is 0 Å². The van der Waals surface area contributed by atoms with Gasteiger partial charge >= 0.3 is 0 Å². The van der Waals surface area contributed by atoms with Crippen LogP contribution >= 0.6 is 39.1 Å². The Morgan fingerprint density at radius 1 is 0.957 bits per heavy atom. The fourth-order valence-corrected chi connectivity index (χ4v) is 3.28. The van der Waals surface area contributed by atoms with Crippen molar-refractivity contribution < 1.29 is 5.11 Å². The first-order valence-electron chi connectivity index (χ1n) is 7.23. The Bertz CT molecular complexity index is 751. The van der Waals surface area contributed by atoms with Gasteiger partial charge in [-0.1, -0.05) is 93.7 Å². The van der Waals surface area contributed by atoms with Gasteiger partial charge in [0.05, 0.1) is 0 Å². The van der Waals surface area contributed by atoms with Crippen LogP contribution in [0.25, 0.3) is 0 Å². The highest BCUT2D eigenvalue weighted by molar-refractivity contribution is 9.10. The molecule has 23 heavy (non-hydrogen) atoms. The Morgan fingerprint density at radius 2 is 1.57 bits per heavy atom. The first-order chi connectivity index (χ1) is 10.9. The number of alkyl halides is 2. The van der Waals surface area contributed by atoms with Gasteiger partial charge in [-0.15, -0.1) is 0 Å². The third-order valence-electron chi connectivity index (χ3n) is 3.97. The second-order valence-corrected chi connectivity index (χ2v) is 8.00. The number of hydrogen-bond acceptors (Lipinski definition) is 1. The predicted octanol–water partition coefficient (Wildman–Crippen LogP) is 5.75. The maximum Gasteiger partial charge on any atom is 0.140 e. The molecule has 3 rings (SSSR count). The van der Waals surface area contributed by atoms with Gasteiger partial charge < -0.3 is 5.11 Å². The van der Waals surface area contributed by atoms with Crippen LogP contribution in [-0.4, -0.2) is 9.44 Å². The molecule has 1 nitrogen and oxygen atoms in total. The highest BCUT2D eigenvalue weighted by Gasteiger charge is 2.37. The Balaban J connectivity index is 2.14. The minimum atomic E-state index is -1.25. The van der Waals surface area contributed by atoms with Crippen LogP contribution in [0.5, 0.6) is 0 Å². The lowest BCUT2D eigenvalue weighted by Crippen LogP contribution is -2.31. The van der Waals surface area contributed by atoms with Crippen LogP contribution in [0.15, 0.2) is 82.9 Å². The van der Waals surface area contributed by atoms with Crippen LogP contribution in [0, 0.1) is 0 Å². The Hall–Kier alpha value is -1.06. The first-order valence-corrected chi connectivity index (χ1v) is 8.78. The van der Waals surface area contributed by atoms with Crippen LogP contribution in [0.2, 0.25) is 0 Å². The SMILES string of the molecule is O[C@@](C1=CCC(Cl)(Cl)C=C1)(c1ccccc1)c1ccc(Br)cc1. The van der Waals surface area contributed by atoms with E-state index in [-0.39, 0.29) is 0 Å². The largest absolute Gasteiger partial charge is 0.376 e. The zero-order valence-corrected chi connectivity index (χ0v) is 15.3. The molecular weight excluding hydrogens is 395 g/mol. The number of hydrogen-bond donors (Lipinski definition) is 1. The summed E-state index contributed by atoms with van der Waals surface area (Å²) in [7, 11) is 0. The van der Waals surface area contributed by atoms with E-state index in [4.69, 9.17) is 23.2 Å². The molecule has 0 aliphatic heterocycles. The normalized spacial score (nSPS) is 19.0. The minimum Gasteiger partial charge on any atom is -0.376 e. The zero-order chi connectivity index (χ0) is 16.5. The topological polar surface area (TPSA) is 20.2 Å². The van der Waals surface area contributed by atoms with E-state index in [1.165, 1.54) is 0 Å². The van der Waals surface area contributed by atoms with Crippen molar-refractivity contribution in [2.75, 3.05) is 0 Å². The van der Waals surface area contributed by atoms with Crippen LogP contribution in [-0.2, 0) is 5.60 Å². The monoisotopic (exact) mass is 408 g/mol. The van der Waals surface area contributed by atoms with Gasteiger partial charge in [0, 0.05) is 10.9 Å². The minimum absolute atomic E-state index is 0.452. The predicted molar refractivity (Wildman–Crippen MR) is 99.9 cm³/mol. The van der Waals surface area contributed by atoms with Gasteiger partial charge in [-0.05, 0) is 34.9 Å². The van der Waals surface area contributed by atoms with E-state index in [9.17, 15) is 5.11 Å². The molecule has 0 unspecified atom stereocenters. The van der Waals surface area contributed by atoms with Crippen molar-refractivity contribution in [3.63, 3.8) is 0 Å². The van der Waals surface area contributed by atoms with Crippen LogP contribution in [0.4, 0.5) is 0 Å². The summed E-state index contributed by atoms with van der Waals surface area (Å²) in [6.45, 7) is 0. The summed E-state index contributed by atoms with van der Waals surface area (Å²) in [6.07, 6.45) is 5.87. The van der Waals surface area contributed by atoms with Crippen molar-refractivity contribution >= 4 is 39.1 Å². The van der Waals surface area contributed by atoms with E-state index >= 15 is 0 Å². The van der Waals surface area contributed by atoms with E-state index in [1.54, 1.807) is 12.2 Å². The van der Waals surface area contributed by atoms with Gasteiger partial charge in [-0.25, -0.2) is 0 Å². The second kappa shape index (κ2) is 6.45. The quantitative estimate of drug-likeness (QED) is 0.640. The van der Waals surface area contributed by atoms with Gasteiger partial charge in [0.2, 0.25) is 0 Å². The molecule has 2 aromatic carbocycles. The Labute approximate surface area is 154 Å². The van der Waals surface area contributed by atoms with Crippen molar-refractivity contribution in [3.8, 4) is 0 Å². The van der Waals surface area contributed by atoms with E-state index in [2.05, 4.69) is 15.9 Å². The standard InChI is InChI=1S/C19H15BrCl2O/c20-17-8-6-15(7-9-17)19(23,14-4-2-1-3-5-14)16-10-12-18(21,22)13-11-16/h1-12,23H,13H2/t19-/m0/s1. The highest BCUT2D eigenvalue weighted by atomic mass is 79.9. The molecule has 0 heterocycles. The van der Waals surface area contributed by atoms with E-state index < -0.39 is 9.93 Å². The molecular formula is C19H15BrCl2O. The average Bonchev–Trinajstić information content (AvgIpc) is 2.55. The van der Waals surface area contributed by atoms with Crippen LogP contribution in [0.3, 0.4) is 0 Å². The molecule has 0 radical (unpaired) electrons. The molecule has 0 fully saturated rings. The van der Waals surface area contributed by atoms with Gasteiger partial charge in [0.15, 0.2) is 0 Å². The fourth-order valence-electron chi connectivity index (χ4n) is 2.73. The van der Waals surface area contributed by atoms with E-state index in [0.717, 1.165) is 21.2 Å². The van der Waals surface area contributed by atoms with Crippen molar-refractivity contribution in [1.82, 2.24) is 0 Å². The van der Waals surface area contributed by atoms with Gasteiger partial charge in [0.25, 0.3) is 0 Å². The molecule has 0 amide bonds. The number of aliphatic hydroxyl groups is 1. The number of halogens is 3. The van der Waals surface area contributed by atoms with Crippen molar-refractivity contribution in [2.24, 2.45) is 0 Å². The lowest BCUT2D eigenvalue weighted by atomic mass is 9.78. The summed E-state index contributed by atoms with van der Waals surface area (Å²) in [6, 6.07) is 17.3. The maximum absolute atomic E-state index is 11.6. The summed E-state index contributed by atoms with van der Waals surface area (Å²) in [5.74, 6) is 0. The molecule has 118 valence electrons. The molecule has 0 bridgehead atoms. The smallest absolute Gasteiger partial charge is 0.140 e. The summed E-state index contributed by atoms with van der Waals surface area (Å²) in [4.78, 5) is 0. The molecule has 0 saturated heterocycles. The molecule has 0 saturated carbocycles. The molecule has 2 aromatic rings. The summed E-state index contributed by atoms with van der Waals surface area (Å²) >= 11 is 15.7. The lowest BCUT2D eigenvalue weighted by Gasteiger charge is -2.33. The molecule has 0 aromatic heterocycles. The molecule has 0 spiro atoms. The average molecular weight is 410 g/mol. The van der Waals surface area contributed by atoms with E-state index in [1.807, 2.05) is 60.7 Å². The number of benzene rings is 2. The summed E-state index contributed by atoms with van der Waals surface area (Å²) < 4.78 is 0.0474. The van der Waals surface area contributed by atoms with Crippen LogP contribution < -0.4 is 0 Å². The highest BCUT2D eigenvalue weighted by Crippen LogP contribution is 2.42. The van der Waals surface area contributed by atoms with Crippen molar-refractivity contribution in [1.29, 1.82) is 0 Å². The zero-order valence-electron chi connectivity index (χ0n) is 12.2. The van der Waals surface area contributed by atoms with E-state index in [0.29, 0.717) is 6.42 Å². The lowest BCUT2D eigenvalue weighted by molar-refractivity contribution is 0.124. The first kappa shape index (κ1) is 16.8. The Kier molecular flexibility index (Phi) is 4.70. The molecule has 4 heteroatoms. The summed E-state index contributed by atoms with van der Waals surface area (Å²) in [5, 5.41) is 11.6. The molecule has 1 atom stereocenters. The third-order valence-corrected chi connectivity index (χ3v) is 5.06. The number of allylic oxidation sites excluding steroid dienone is 2. The third kappa shape index (κ3) is 3.41. The second-order valence-electron chi connectivity index (χ2n) is 5.54. The van der Waals surface area contributed by atoms with Gasteiger partial charge in [-0.2, -0.15) is 0 Å². The number of rotatable bonds is 3. The maximum atomic E-state index is 11.6. The fraction of sp³-hybridized carbons (Fsp3) is 0.158. The van der Waals surface area contributed by atoms with Crippen LogP contribution in [0.1, 0.15) is 17.5 Å². The Morgan fingerprint density at radius 3 is 2.13 bits per heavy atom. The molecule has 1 N–H and O–H groups in total. The molecule has 1 aliphatic rings. The van der Waals surface area contributed by atoms with Crippen molar-refractivity contribution in [3.05, 3.63) is 94.0 Å². The van der Waals surface area contributed by atoms with Crippen molar-refractivity contribution in [2.45, 2.75) is 16.4 Å².